The minimum atomic E-state index is -0.436. The van der Waals surface area contributed by atoms with E-state index in [4.69, 9.17) is 11.6 Å². The molecule has 1 atom stereocenters. The van der Waals surface area contributed by atoms with E-state index in [-0.39, 0.29) is 17.0 Å². The number of hydrogen-bond acceptors (Lipinski definition) is 2. The molecule has 0 bridgehead atoms. The number of rotatable bonds is 6. The van der Waals surface area contributed by atoms with Gasteiger partial charge in [0.05, 0.1) is 10.6 Å². The highest BCUT2D eigenvalue weighted by Gasteiger charge is 2.22. The second kappa shape index (κ2) is 9.15. The van der Waals surface area contributed by atoms with E-state index in [0.29, 0.717) is 5.56 Å². The molecule has 138 valence electrons. The number of carbonyl (C=O) groups excluding carboxylic acids is 1. The van der Waals surface area contributed by atoms with Gasteiger partial charge in [-0.05, 0) is 62.5 Å². The summed E-state index contributed by atoms with van der Waals surface area (Å²) in [5, 5.41) is 3.20. The third-order valence-corrected chi connectivity index (χ3v) is 5.11. The zero-order valence-corrected chi connectivity index (χ0v) is 15.5. The Labute approximate surface area is 159 Å². The van der Waals surface area contributed by atoms with Gasteiger partial charge in [0.25, 0.3) is 5.91 Å². The SMILES string of the molecule is O=C(N[C@@H]1CCCN(CCCc2ccccc2)C1)c1ccc(F)cc1Cl. The molecule has 1 saturated heterocycles. The van der Waals surface area contributed by atoms with Crippen molar-refractivity contribution in [2.75, 3.05) is 19.6 Å². The van der Waals surface area contributed by atoms with Crippen molar-refractivity contribution in [1.82, 2.24) is 10.2 Å². The van der Waals surface area contributed by atoms with E-state index in [9.17, 15) is 9.18 Å². The predicted molar refractivity (Wildman–Crippen MR) is 103 cm³/mol. The van der Waals surface area contributed by atoms with Crippen LogP contribution in [0.15, 0.2) is 48.5 Å². The molecule has 2 aromatic rings. The highest BCUT2D eigenvalue weighted by atomic mass is 35.5. The molecule has 3 rings (SSSR count). The number of carbonyl (C=O) groups is 1. The monoisotopic (exact) mass is 374 g/mol. The predicted octanol–water partition coefficient (Wildman–Crippen LogP) is 4.31. The average Bonchev–Trinajstić information content (AvgIpc) is 2.63. The molecule has 5 heteroatoms. The Bertz CT molecular complexity index is 738. The fraction of sp³-hybridized carbons (Fsp3) is 0.381. The zero-order valence-electron chi connectivity index (χ0n) is 14.8. The number of nitrogens with one attached hydrogen (secondary N) is 1. The fourth-order valence-corrected chi connectivity index (χ4v) is 3.72. The third kappa shape index (κ3) is 5.29. The van der Waals surface area contributed by atoms with E-state index in [1.165, 1.54) is 23.8 Å². The molecule has 0 saturated carbocycles. The molecule has 1 aliphatic rings. The Morgan fingerprint density at radius 1 is 1.23 bits per heavy atom. The molecule has 26 heavy (non-hydrogen) atoms. The first-order chi connectivity index (χ1) is 12.6. The second-order valence-electron chi connectivity index (χ2n) is 6.83. The van der Waals surface area contributed by atoms with Gasteiger partial charge in [-0.25, -0.2) is 4.39 Å². The minimum Gasteiger partial charge on any atom is -0.348 e. The van der Waals surface area contributed by atoms with Crippen LogP contribution in [0.4, 0.5) is 4.39 Å². The van der Waals surface area contributed by atoms with E-state index < -0.39 is 5.82 Å². The lowest BCUT2D eigenvalue weighted by Crippen LogP contribution is -2.48. The normalized spacial score (nSPS) is 17.8. The van der Waals surface area contributed by atoms with Gasteiger partial charge in [-0.2, -0.15) is 0 Å². The molecule has 1 amide bonds. The average molecular weight is 375 g/mol. The first kappa shape index (κ1) is 18.9. The van der Waals surface area contributed by atoms with Crippen molar-refractivity contribution in [2.45, 2.75) is 31.7 Å². The number of hydrogen-bond donors (Lipinski definition) is 1. The highest BCUT2D eigenvalue weighted by Crippen LogP contribution is 2.18. The largest absolute Gasteiger partial charge is 0.348 e. The van der Waals surface area contributed by atoms with Gasteiger partial charge in [0.15, 0.2) is 0 Å². The molecular weight excluding hydrogens is 351 g/mol. The Balaban J connectivity index is 1.48. The summed E-state index contributed by atoms with van der Waals surface area (Å²) in [4.78, 5) is 14.8. The van der Waals surface area contributed by atoms with Crippen LogP contribution in [0.3, 0.4) is 0 Å². The summed E-state index contributed by atoms with van der Waals surface area (Å²) in [5.41, 5.74) is 1.69. The Morgan fingerprint density at radius 2 is 2.04 bits per heavy atom. The standard InChI is InChI=1S/C21H24ClFN2O/c22-20-14-17(23)10-11-19(20)21(26)24-18-9-5-13-25(15-18)12-4-8-16-6-2-1-3-7-16/h1-3,6-7,10-11,14,18H,4-5,8-9,12-13,15H2,(H,24,26)/t18-/m1/s1. The van der Waals surface area contributed by atoms with Crippen molar-refractivity contribution >= 4 is 17.5 Å². The van der Waals surface area contributed by atoms with Crippen LogP contribution < -0.4 is 5.32 Å². The van der Waals surface area contributed by atoms with E-state index in [2.05, 4.69) is 34.5 Å². The van der Waals surface area contributed by atoms with Crippen LogP contribution in [0.1, 0.15) is 35.2 Å². The molecule has 1 heterocycles. The molecule has 2 aromatic carbocycles. The topological polar surface area (TPSA) is 32.3 Å². The molecule has 3 nitrogen and oxygen atoms in total. The van der Waals surface area contributed by atoms with Crippen molar-refractivity contribution in [2.24, 2.45) is 0 Å². The summed E-state index contributed by atoms with van der Waals surface area (Å²) in [6.45, 7) is 2.94. The summed E-state index contributed by atoms with van der Waals surface area (Å²) >= 11 is 5.99. The molecule has 0 aliphatic carbocycles. The Morgan fingerprint density at radius 3 is 2.81 bits per heavy atom. The molecule has 0 spiro atoms. The molecule has 1 N–H and O–H groups in total. The summed E-state index contributed by atoms with van der Waals surface area (Å²) in [5.74, 6) is -0.667. The Kier molecular flexibility index (Phi) is 6.64. The van der Waals surface area contributed by atoms with Crippen molar-refractivity contribution in [3.63, 3.8) is 0 Å². The molecule has 0 unspecified atom stereocenters. The molecule has 1 aliphatic heterocycles. The number of amides is 1. The molecule has 1 fully saturated rings. The van der Waals surface area contributed by atoms with Crippen LogP contribution in [-0.4, -0.2) is 36.5 Å². The van der Waals surface area contributed by atoms with E-state index in [1.807, 2.05) is 6.07 Å². The van der Waals surface area contributed by atoms with Gasteiger partial charge >= 0.3 is 0 Å². The number of likely N-dealkylation sites (tertiary alicyclic amines) is 1. The number of benzene rings is 2. The van der Waals surface area contributed by atoms with Gasteiger partial charge in [0, 0.05) is 12.6 Å². The lowest BCUT2D eigenvalue weighted by Gasteiger charge is -2.33. The summed E-state index contributed by atoms with van der Waals surface area (Å²) in [7, 11) is 0. The van der Waals surface area contributed by atoms with E-state index >= 15 is 0 Å². The van der Waals surface area contributed by atoms with Crippen molar-refractivity contribution in [3.05, 3.63) is 70.5 Å². The Hall–Kier alpha value is -1.91. The number of halogens is 2. The molecule has 0 aromatic heterocycles. The van der Waals surface area contributed by atoms with Gasteiger partial charge in [0.2, 0.25) is 0 Å². The summed E-state index contributed by atoms with van der Waals surface area (Å²) < 4.78 is 13.1. The van der Waals surface area contributed by atoms with E-state index in [1.54, 1.807) is 0 Å². The lowest BCUT2D eigenvalue weighted by molar-refractivity contribution is 0.0903. The first-order valence-electron chi connectivity index (χ1n) is 9.14. The van der Waals surface area contributed by atoms with Crippen LogP contribution >= 0.6 is 11.6 Å². The highest BCUT2D eigenvalue weighted by molar-refractivity contribution is 6.33. The maximum absolute atomic E-state index is 13.1. The van der Waals surface area contributed by atoms with Crippen LogP contribution in [0.2, 0.25) is 5.02 Å². The molecule has 0 radical (unpaired) electrons. The third-order valence-electron chi connectivity index (χ3n) is 4.80. The van der Waals surface area contributed by atoms with Crippen LogP contribution in [0, 0.1) is 5.82 Å². The minimum absolute atomic E-state index is 0.106. The quantitative estimate of drug-likeness (QED) is 0.817. The van der Waals surface area contributed by atoms with Gasteiger partial charge in [0.1, 0.15) is 5.82 Å². The second-order valence-corrected chi connectivity index (χ2v) is 7.23. The number of nitrogens with zero attached hydrogens (tertiary/aromatic N) is 1. The number of piperidine rings is 1. The number of aryl methyl sites for hydroxylation is 1. The van der Waals surface area contributed by atoms with Gasteiger partial charge < -0.3 is 10.2 Å². The van der Waals surface area contributed by atoms with Crippen LogP contribution in [0.25, 0.3) is 0 Å². The lowest BCUT2D eigenvalue weighted by atomic mass is 10.0. The summed E-state index contributed by atoms with van der Waals surface area (Å²) in [6, 6.07) is 14.5. The maximum atomic E-state index is 13.1. The van der Waals surface area contributed by atoms with Crippen molar-refractivity contribution in [1.29, 1.82) is 0 Å². The molecular formula is C21H24ClFN2O. The van der Waals surface area contributed by atoms with Crippen molar-refractivity contribution in [3.8, 4) is 0 Å². The smallest absolute Gasteiger partial charge is 0.253 e. The van der Waals surface area contributed by atoms with Gasteiger partial charge in [-0.1, -0.05) is 41.9 Å². The van der Waals surface area contributed by atoms with Crippen LogP contribution in [0.5, 0.6) is 0 Å². The van der Waals surface area contributed by atoms with E-state index in [0.717, 1.165) is 45.3 Å². The van der Waals surface area contributed by atoms with Crippen molar-refractivity contribution < 1.29 is 9.18 Å². The van der Waals surface area contributed by atoms with Gasteiger partial charge in [-0.15, -0.1) is 0 Å². The van der Waals surface area contributed by atoms with Crippen LogP contribution in [-0.2, 0) is 6.42 Å². The maximum Gasteiger partial charge on any atom is 0.253 e. The fourth-order valence-electron chi connectivity index (χ4n) is 3.46. The zero-order chi connectivity index (χ0) is 18.4. The summed E-state index contributed by atoms with van der Waals surface area (Å²) in [6.07, 6.45) is 4.20. The first-order valence-corrected chi connectivity index (χ1v) is 9.52. The van der Waals surface area contributed by atoms with Gasteiger partial charge in [-0.3, -0.25) is 4.79 Å².